The minimum absolute atomic E-state index is 0.0106. The number of hydrogen-bond acceptors (Lipinski definition) is 4. The van der Waals surface area contributed by atoms with Gasteiger partial charge in [-0.2, -0.15) is 0 Å². The first kappa shape index (κ1) is 18.8. The lowest BCUT2D eigenvalue weighted by Gasteiger charge is -2.39. The Hall–Kier alpha value is -1.53. The summed E-state index contributed by atoms with van der Waals surface area (Å²) in [5, 5.41) is 9.62. The van der Waals surface area contributed by atoms with E-state index in [4.69, 9.17) is 0 Å². The monoisotopic (exact) mass is 388 g/mol. The van der Waals surface area contributed by atoms with Crippen molar-refractivity contribution in [2.75, 3.05) is 31.9 Å². The predicted octanol–water partition coefficient (Wildman–Crippen LogP) is 2.96. The number of carboxylic acids is 1. The van der Waals surface area contributed by atoms with Gasteiger partial charge in [0.1, 0.15) is 6.04 Å². The third-order valence-electron chi connectivity index (χ3n) is 6.34. The van der Waals surface area contributed by atoms with Gasteiger partial charge in [0.2, 0.25) is 5.91 Å². The van der Waals surface area contributed by atoms with E-state index >= 15 is 0 Å². The molecule has 2 aliphatic heterocycles. The molecule has 1 atom stereocenters. The molecule has 3 aliphatic rings. The van der Waals surface area contributed by atoms with Crippen LogP contribution < -0.4 is 0 Å². The molecule has 0 aromatic heterocycles. The molecule has 2 heterocycles. The van der Waals surface area contributed by atoms with E-state index in [1.165, 1.54) is 4.90 Å². The first-order chi connectivity index (χ1) is 13.1. The number of likely N-dealkylation sites (tertiary alicyclic amines) is 2. The van der Waals surface area contributed by atoms with Gasteiger partial charge in [0, 0.05) is 29.7 Å². The molecule has 2 saturated heterocycles. The minimum Gasteiger partial charge on any atom is -0.480 e. The third kappa shape index (κ3) is 4.32. The predicted molar refractivity (Wildman–Crippen MR) is 106 cm³/mol. The molecule has 1 unspecified atom stereocenters. The Morgan fingerprint density at radius 1 is 1.15 bits per heavy atom. The second-order valence-electron chi connectivity index (χ2n) is 8.30. The van der Waals surface area contributed by atoms with Crippen LogP contribution in [0.15, 0.2) is 35.2 Å². The number of nitrogens with zero attached hydrogens (tertiary/aromatic N) is 2. The van der Waals surface area contributed by atoms with Crippen LogP contribution in [0.2, 0.25) is 0 Å². The summed E-state index contributed by atoms with van der Waals surface area (Å²) in [6.07, 6.45) is 4.50. The molecule has 1 amide bonds. The van der Waals surface area contributed by atoms with Crippen LogP contribution in [0.3, 0.4) is 0 Å². The van der Waals surface area contributed by atoms with Gasteiger partial charge in [-0.05, 0) is 62.7 Å². The summed E-state index contributed by atoms with van der Waals surface area (Å²) < 4.78 is 0. The van der Waals surface area contributed by atoms with E-state index in [9.17, 15) is 14.7 Å². The molecular formula is C21H28N2O3S. The van der Waals surface area contributed by atoms with Gasteiger partial charge in [-0.25, -0.2) is 4.79 Å². The van der Waals surface area contributed by atoms with Crippen molar-refractivity contribution in [3.63, 3.8) is 0 Å². The van der Waals surface area contributed by atoms with Crippen molar-refractivity contribution in [1.29, 1.82) is 0 Å². The van der Waals surface area contributed by atoms with Gasteiger partial charge in [-0.3, -0.25) is 4.79 Å². The van der Waals surface area contributed by atoms with Crippen LogP contribution in [0.1, 0.15) is 32.1 Å². The van der Waals surface area contributed by atoms with E-state index in [0.717, 1.165) is 51.1 Å². The maximum atomic E-state index is 12.5. The molecule has 4 rings (SSSR count). The van der Waals surface area contributed by atoms with Crippen LogP contribution in [0, 0.1) is 11.3 Å². The zero-order valence-electron chi connectivity index (χ0n) is 15.7. The van der Waals surface area contributed by atoms with Crippen molar-refractivity contribution in [1.82, 2.24) is 9.80 Å². The first-order valence-electron chi connectivity index (χ1n) is 10.00. The molecule has 1 aliphatic carbocycles. The van der Waals surface area contributed by atoms with Crippen LogP contribution in [-0.4, -0.2) is 64.8 Å². The highest BCUT2D eigenvalue weighted by Gasteiger charge is 2.51. The van der Waals surface area contributed by atoms with Crippen molar-refractivity contribution in [2.24, 2.45) is 11.3 Å². The molecule has 0 radical (unpaired) electrons. The Balaban J connectivity index is 1.28. The van der Waals surface area contributed by atoms with E-state index in [2.05, 4.69) is 29.2 Å². The number of rotatable bonds is 6. The van der Waals surface area contributed by atoms with Crippen LogP contribution in [-0.2, 0) is 9.59 Å². The number of hydrogen-bond donors (Lipinski definition) is 1. The lowest BCUT2D eigenvalue weighted by Crippen LogP contribution is -2.43. The van der Waals surface area contributed by atoms with Gasteiger partial charge >= 0.3 is 5.97 Å². The van der Waals surface area contributed by atoms with E-state index < -0.39 is 12.0 Å². The van der Waals surface area contributed by atoms with Crippen molar-refractivity contribution >= 4 is 23.6 Å². The maximum absolute atomic E-state index is 12.5. The summed E-state index contributed by atoms with van der Waals surface area (Å²) in [4.78, 5) is 29.7. The summed E-state index contributed by atoms with van der Waals surface area (Å²) in [5.74, 6) is 0.418. The fraction of sp³-hybridized carbons (Fsp3) is 0.619. The molecule has 1 saturated carbocycles. The fourth-order valence-corrected chi connectivity index (χ4v) is 5.43. The van der Waals surface area contributed by atoms with Gasteiger partial charge in [-0.1, -0.05) is 18.2 Å². The largest absolute Gasteiger partial charge is 0.480 e. The molecular weight excluding hydrogens is 360 g/mol. The van der Waals surface area contributed by atoms with Gasteiger partial charge in [0.25, 0.3) is 0 Å². The first-order valence-corrected chi connectivity index (χ1v) is 11.0. The maximum Gasteiger partial charge on any atom is 0.326 e. The molecule has 1 aromatic rings. The Labute approximate surface area is 165 Å². The zero-order chi connectivity index (χ0) is 18.9. The molecule has 3 fully saturated rings. The SMILES string of the molecule is O=C(O)C1CC2(CCN(CCSc3ccccc3)CC2)CN1C(=O)C1CC1. The quantitative estimate of drug-likeness (QED) is 0.759. The second-order valence-corrected chi connectivity index (χ2v) is 9.47. The number of aliphatic carboxylic acids is 1. The summed E-state index contributed by atoms with van der Waals surface area (Å²) in [6.45, 7) is 3.72. The molecule has 146 valence electrons. The number of carbonyl (C=O) groups excluding carboxylic acids is 1. The van der Waals surface area contributed by atoms with Gasteiger partial charge in [-0.15, -0.1) is 11.8 Å². The van der Waals surface area contributed by atoms with Gasteiger partial charge in [0.15, 0.2) is 0 Å². The molecule has 27 heavy (non-hydrogen) atoms. The van der Waals surface area contributed by atoms with Crippen molar-refractivity contribution in [3.05, 3.63) is 30.3 Å². The van der Waals surface area contributed by atoms with E-state index in [1.807, 2.05) is 17.8 Å². The highest BCUT2D eigenvalue weighted by Crippen LogP contribution is 2.45. The fourth-order valence-electron chi connectivity index (χ4n) is 4.50. The normalized spacial score (nSPS) is 25.0. The topological polar surface area (TPSA) is 60.9 Å². The van der Waals surface area contributed by atoms with Crippen LogP contribution in [0.4, 0.5) is 0 Å². The van der Waals surface area contributed by atoms with Crippen LogP contribution >= 0.6 is 11.8 Å². The zero-order valence-corrected chi connectivity index (χ0v) is 16.5. The molecule has 1 aromatic carbocycles. The number of amides is 1. The van der Waals surface area contributed by atoms with E-state index in [1.54, 1.807) is 4.90 Å². The summed E-state index contributed by atoms with van der Waals surface area (Å²) in [5.41, 5.74) is 0.0106. The highest BCUT2D eigenvalue weighted by atomic mass is 32.2. The lowest BCUT2D eigenvalue weighted by atomic mass is 9.76. The minimum atomic E-state index is -0.831. The molecule has 6 heteroatoms. The molecule has 1 spiro atoms. The second kappa shape index (κ2) is 7.84. The lowest BCUT2D eigenvalue weighted by molar-refractivity contribution is -0.148. The van der Waals surface area contributed by atoms with E-state index in [0.29, 0.717) is 13.0 Å². The Bertz CT molecular complexity index is 684. The van der Waals surface area contributed by atoms with E-state index in [-0.39, 0.29) is 17.2 Å². The summed E-state index contributed by atoms with van der Waals surface area (Å²) in [6, 6.07) is 9.86. The summed E-state index contributed by atoms with van der Waals surface area (Å²) in [7, 11) is 0. The average molecular weight is 389 g/mol. The molecule has 1 N–H and O–H groups in total. The van der Waals surface area contributed by atoms with Crippen LogP contribution in [0.25, 0.3) is 0 Å². The number of piperidine rings is 1. The summed E-state index contributed by atoms with van der Waals surface area (Å²) >= 11 is 1.88. The number of benzene rings is 1. The highest BCUT2D eigenvalue weighted by molar-refractivity contribution is 7.99. The number of carbonyl (C=O) groups is 2. The van der Waals surface area contributed by atoms with Gasteiger partial charge < -0.3 is 14.9 Å². The third-order valence-corrected chi connectivity index (χ3v) is 7.33. The Kier molecular flexibility index (Phi) is 5.46. The van der Waals surface area contributed by atoms with Gasteiger partial charge in [0.05, 0.1) is 0 Å². The molecule has 5 nitrogen and oxygen atoms in total. The standard InChI is InChI=1S/C21H28N2O3S/c24-19(16-6-7-16)23-15-21(14-18(23)20(25)26)8-10-22(11-9-21)12-13-27-17-4-2-1-3-5-17/h1-5,16,18H,6-15H2,(H,25,26). The average Bonchev–Trinajstić information content (AvgIpc) is 3.46. The Morgan fingerprint density at radius 3 is 2.48 bits per heavy atom. The van der Waals surface area contributed by atoms with Crippen molar-refractivity contribution in [2.45, 2.75) is 43.0 Å². The van der Waals surface area contributed by atoms with Crippen molar-refractivity contribution < 1.29 is 14.7 Å². The molecule has 0 bridgehead atoms. The number of carboxylic acid groups (broad SMARTS) is 1. The Morgan fingerprint density at radius 2 is 1.85 bits per heavy atom. The number of thioether (sulfide) groups is 1. The smallest absolute Gasteiger partial charge is 0.326 e. The van der Waals surface area contributed by atoms with Crippen molar-refractivity contribution in [3.8, 4) is 0 Å². The van der Waals surface area contributed by atoms with Crippen LogP contribution in [0.5, 0.6) is 0 Å².